The van der Waals surface area contributed by atoms with Crippen LogP contribution in [-0.4, -0.2) is 10.2 Å². The molecule has 1 unspecified atom stereocenters. The Bertz CT molecular complexity index is 1070. The summed E-state index contributed by atoms with van der Waals surface area (Å²) in [5.41, 5.74) is 2.09. The highest BCUT2D eigenvalue weighted by molar-refractivity contribution is 7.75. The van der Waals surface area contributed by atoms with Crippen LogP contribution < -0.4 is 15.1 Å². The van der Waals surface area contributed by atoms with Crippen molar-refractivity contribution in [1.29, 1.82) is 0 Å². The zero-order valence-corrected chi connectivity index (χ0v) is 14.8. The number of benzene rings is 3. The number of hydrogen-bond donors (Lipinski definition) is 2. The van der Waals surface area contributed by atoms with Gasteiger partial charge in [0.05, 0.1) is 10.6 Å². The number of phenolic OH excluding ortho intramolecular Hbond substituents is 2. The van der Waals surface area contributed by atoms with Crippen LogP contribution in [0, 0.1) is 0 Å². The van der Waals surface area contributed by atoms with Gasteiger partial charge in [0.25, 0.3) is 0 Å². The maximum atomic E-state index is 14.0. The number of allylic oxidation sites excluding steroid dienone is 1. The third-order valence-corrected chi connectivity index (χ3v) is 6.91. The minimum Gasteiger partial charge on any atom is -0.508 e. The van der Waals surface area contributed by atoms with Crippen molar-refractivity contribution >= 4 is 18.0 Å². The quantitative estimate of drug-likeness (QED) is 0.417. The highest BCUT2D eigenvalue weighted by Gasteiger charge is 2.40. The molecule has 26 heavy (non-hydrogen) atoms. The summed E-state index contributed by atoms with van der Waals surface area (Å²) in [7, 11) is -3.65. The molecule has 0 fully saturated rings. The number of aromatic hydroxyl groups is 2. The predicted molar refractivity (Wildman–Crippen MR) is 103 cm³/mol. The molecule has 4 nitrogen and oxygen atoms in total. The lowest BCUT2D eigenvalue weighted by molar-refractivity contribution is 0.455. The second kappa shape index (κ2) is 6.08. The fourth-order valence-electron chi connectivity index (χ4n) is 3.29. The van der Waals surface area contributed by atoms with Crippen molar-refractivity contribution in [2.75, 3.05) is 0 Å². The lowest BCUT2D eigenvalue weighted by Gasteiger charge is -2.29. The first-order valence-electron chi connectivity index (χ1n) is 8.19. The van der Waals surface area contributed by atoms with E-state index < -0.39 is 7.37 Å². The lowest BCUT2D eigenvalue weighted by atomic mass is 10.0. The minimum atomic E-state index is -3.65. The predicted octanol–water partition coefficient (Wildman–Crippen LogP) is 4.11. The van der Waals surface area contributed by atoms with Gasteiger partial charge in [0.1, 0.15) is 17.2 Å². The smallest absolute Gasteiger partial charge is 0.311 e. The molecule has 0 radical (unpaired) electrons. The molecule has 1 aliphatic rings. The molecule has 0 saturated heterocycles. The van der Waals surface area contributed by atoms with Crippen LogP contribution in [0.3, 0.4) is 0 Å². The van der Waals surface area contributed by atoms with Gasteiger partial charge in [0, 0.05) is 11.1 Å². The Morgan fingerprint density at radius 2 is 1.65 bits per heavy atom. The molecule has 0 amide bonds. The third kappa shape index (κ3) is 2.42. The molecule has 4 rings (SSSR count). The van der Waals surface area contributed by atoms with E-state index >= 15 is 0 Å². The Balaban J connectivity index is 2.01. The zero-order chi connectivity index (χ0) is 18.3. The van der Waals surface area contributed by atoms with Gasteiger partial charge < -0.3 is 14.7 Å². The van der Waals surface area contributed by atoms with Gasteiger partial charge >= 0.3 is 7.37 Å². The summed E-state index contributed by atoms with van der Waals surface area (Å²) in [6, 6.07) is 17.4. The number of fused-ring (bicyclic) bond motifs is 3. The molecule has 0 aliphatic carbocycles. The first-order chi connectivity index (χ1) is 12.5. The van der Waals surface area contributed by atoms with Gasteiger partial charge in [-0.3, -0.25) is 4.57 Å². The topological polar surface area (TPSA) is 66.8 Å². The summed E-state index contributed by atoms with van der Waals surface area (Å²) in [6.07, 6.45) is 1.95. The van der Waals surface area contributed by atoms with Crippen LogP contribution in [0.5, 0.6) is 17.2 Å². The summed E-state index contributed by atoms with van der Waals surface area (Å²) in [4.78, 5) is 0. The van der Waals surface area contributed by atoms with Crippen LogP contribution in [0.1, 0.15) is 5.56 Å². The maximum Gasteiger partial charge on any atom is 0.311 e. The SMILES string of the molecule is C=CCc1cc(O)cc(P2(=O)Oc3ccccc3-c3ccccc32)c1O. The van der Waals surface area contributed by atoms with Crippen LogP contribution in [0.15, 0.2) is 73.3 Å². The second-order valence-corrected chi connectivity index (χ2v) is 8.37. The Morgan fingerprint density at radius 1 is 0.962 bits per heavy atom. The summed E-state index contributed by atoms with van der Waals surface area (Å²) in [6.45, 7) is 3.66. The average Bonchev–Trinajstić information content (AvgIpc) is 2.65. The van der Waals surface area contributed by atoms with Gasteiger partial charge in [0.2, 0.25) is 0 Å². The molecule has 3 aromatic carbocycles. The number of para-hydroxylation sites is 1. The van der Waals surface area contributed by atoms with E-state index in [1.165, 1.54) is 12.1 Å². The van der Waals surface area contributed by atoms with Gasteiger partial charge in [-0.15, -0.1) is 6.58 Å². The van der Waals surface area contributed by atoms with Crippen LogP contribution in [-0.2, 0) is 11.0 Å². The maximum absolute atomic E-state index is 14.0. The molecular formula is C21H17O4P. The van der Waals surface area contributed by atoms with Crippen molar-refractivity contribution in [2.24, 2.45) is 0 Å². The van der Waals surface area contributed by atoms with E-state index in [2.05, 4.69) is 6.58 Å². The molecule has 130 valence electrons. The van der Waals surface area contributed by atoms with Crippen LogP contribution in [0.4, 0.5) is 0 Å². The van der Waals surface area contributed by atoms with Crippen molar-refractivity contribution in [1.82, 2.24) is 0 Å². The molecular weight excluding hydrogens is 347 g/mol. The van der Waals surface area contributed by atoms with E-state index in [1.54, 1.807) is 24.3 Å². The van der Waals surface area contributed by atoms with E-state index in [1.807, 2.05) is 30.3 Å². The van der Waals surface area contributed by atoms with E-state index in [-0.39, 0.29) is 16.8 Å². The molecule has 0 aromatic heterocycles. The standard InChI is InChI=1S/C21H17O4P/c1-2-7-14-12-15(22)13-20(21(14)23)26(24)19-11-6-4-9-17(19)16-8-3-5-10-18(16)25-26/h2-6,8-13,22-23H,1,7H2. The van der Waals surface area contributed by atoms with Crippen molar-refractivity contribution in [2.45, 2.75) is 6.42 Å². The number of hydrogen-bond acceptors (Lipinski definition) is 4. The van der Waals surface area contributed by atoms with Crippen molar-refractivity contribution in [3.05, 3.63) is 78.9 Å². The monoisotopic (exact) mass is 364 g/mol. The molecule has 0 saturated carbocycles. The first-order valence-corrected chi connectivity index (χ1v) is 9.82. The highest BCUT2D eigenvalue weighted by atomic mass is 31.2. The summed E-state index contributed by atoms with van der Waals surface area (Å²) < 4.78 is 20.0. The summed E-state index contributed by atoms with van der Waals surface area (Å²) >= 11 is 0. The Hall–Kier alpha value is -2.97. The van der Waals surface area contributed by atoms with Gasteiger partial charge in [-0.25, -0.2) is 0 Å². The van der Waals surface area contributed by atoms with Crippen LogP contribution in [0.2, 0.25) is 0 Å². The van der Waals surface area contributed by atoms with E-state index in [0.717, 1.165) is 11.1 Å². The molecule has 5 heteroatoms. The minimum absolute atomic E-state index is 0.0789. The Labute approximate surface area is 151 Å². The van der Waals surface area contributed by atoms with Crippen LogP contribution >= 0.6 is 7.37 Å². The summed E-state index contributed by atoms with van der Waals surface area (Å²) in [5.74, 6) is 0.271. The number of phenols is 2. The molecule has 1 heterocycles. The second-order valence-electron chi connectivity index (χ2n) is 6.12. The first kappa shape index (κ1) is 16.5. The fraction of sp³-hybridized carbons (Fsp3) is 0.0476. The van der Waals surface area contributed by atoms with E-state index in [4.69, 9.17) is 4.52 Å². The molecule has 1 aliphatic heterocycles. The average molecular weight is 364 g/mol. The van der Waals surface area contributed by atoms with Crippen molar-refractivity contribution < 1.29 is 19.3 Å². The van der Waals surface area contributed by atoms with E-state index in [9.17, 15) is 14.8 Å². The highest BCUT2D eigenvalue weighted by Crippen LogP contribution is 2.55. The van der Waals surface area contributed by atoms with E-state index in [0.29, 0.717) is 23.0 Å². The molecule has 0 bridgehead atoms. The third-order valence-electron chi connectivity index (χ3n) is 4.46. The van der Waals surface area contributed by atoms with Crippen molar-refractivity contribution in [3.63, 3.8) is 0 Å². The van der Waals surface area contributed by atoms with Gasteiger partial charge in [-0.1, -0.05) is 42.5 Å². The molecule has 0 spiro atoms. The largest absolute Gasteiger partial charge is 0.508 e. The Morgan fingerprint density at radius 3 is 2.42 bits per heavy atom. The zero-order valence-electron chi connectivity index (χ0n) is 13.9. The fourth-order valence-corrected chi connectivity index (χ4v) is 5.70. The molecule has 2 N–H and O–H groups in total. The van der Waals surface area contributed by atoms with Crippen molar-refractivity contribution in [3.8, 4) is 28.4 Å². The van der Waals surface area contributed by atoms with Gasteiger partial charge in [-0.2, -0.15) is 0 Å². The molecule has 3 aromatic rings. The molecule has 1 atom stereocenters. The van der Waals surface area contributed by atoms with Gasteiger partial charge in [-0.05, 0) is 36.2 Å². The lowest BCUT2D eigenvalue weighted by Crippen LogP contribution is -2.25. The normalized spacial score (nSPS) is 17.7. The Kier molecular flexibility index (Phi) is 3.86. The number of rotatable bonds is 3. The summed E-state index contributed by atoms with van der Waals surface area (Å²) in [5, 5.41) is 21.4. The van der Waals surface area contributed by atoms with Crippen LogP contribution in [0.25, 0.3) is 11.1 Å². The van der Waals surface area contributed by atoms with Gasteiger partial charge in [0.15, 0.2) is 0 Å².